The van der Waals surface area contributed by atoms with Crippen molar-refractivity contribution < 1.29 is 0 Å². The molecule has 0 saturated heterocycles. The Morgan fingerprint density at radius 1 is 1.11 bits per heavy atom. The van der Waals surface area contributed by atoms with Gasteiger partial charge in [-0.25, -0.2) is 0 Å². The summed E-state index contributed by atoms with van der Waals surface area (Å²) in [6, 6.07) is 14.8. The molecule has 0 spiro atoms. The van der Waals surface area contributed by atoms with Gasteiger partial charge >= 0.3 is 0 Å². The minimum absolute atomic E-state index is 0.427. The molecular weight excluding hydrogens is 244 g/mol. The molecule has 19 heavy (non-hydrogen) atoms. The minimum atomic E-state index is -1.40. The predicted octanol–water partition coefficient (Wildman–Crippen LogP) is 5.02. The van der Waals surface area contributed by atoms with Gasteiger partial charge in [0.25, 0.3) is 0 Å². The van der Waals surface area contributed by atoms with E-state index in [2.05, 4.69) is 86.6 Å². The van der Waals surface area contributed by atoms with Gasteiger partial charge in [0.2, 0.25) is 0 Å². The maximum Gasteiger partial charge on any atom is 0.0864 e. The van der Waals surface area contributed by atoms with E-state index in [0.29, 0.717) is 5.54 Å². The van der Waals surface area contributed by atoms with Crippen molar-refractivity contribution in [3.8, 4) is 11.8 Å². The van der Waals surface area contributed by atoms with Gasteiger partial charge in [-0.2, -0.15) is 0 Å². The van der Waals surface area contributed by atoms with Crippen molar-refractivity contribution in [2.45, 2.75) is 25.6 Å². The Bertz CT molecular complexity index is 656. The number of hydrogen-bond acceptors (Lipinski definition) is 0. The second-order valence-electron chi connectivity index (χ2n) is 5.58. The van der Waals surface area contributed by atoms with Gasteiger partial charge in [-0.3, -0.25) is 0 Å². The Kier molecular flexibility index (Phi) is 3.92. The van der Waals surface area contributed by atoms with Crippen LogP contribution in [0.15, 0.2) is 54.7 Å². The standard InChI is InChI=1S/C18H20Si/c1-5-19(3,4)15(2)10-11-16-12-13-17-8-6-7-9-18(17)14-16/h5-9,12-15H,1H2,2-4H3. The molecule has 0 heterocycles. The highest BCUT2D eigenvalue weighted by atomic mass is 28.3. The van der Waals surface area contributed by atoms with Crippen molar-refractivity contribution in [2.24, 2.45) is 0 Å². The van der Waals surface area contributed by atoms with Crippen LogP contribution in [0.2, 0.25) is 18.6 Å². The highest BCUT2D eigenvalue weighted by Crippen LogP contribution is 2.21. The average Bonchev–Trinajstić information content (AvgIpc) is 2.44. The van der Waals surface area contributed by atoms with Gasteiger partial charge in [-0.15, -0.1) is 12.3 Å². The quantitative estimate of drug-likeness (QED) is 0.528. The third-order valence-electron chi connectivity index (χ3n) is 3.82. The molecule has 0 saturated carbocycles. The molecule has 0 nitrogen and oxygen atoms in total. The molecule has 0 amide bonds. The smallest absolute Gasteiger partial charge is 0.0864 e. The van der Waals surface area contributed by atoms with Crippen molar-refractivity contribution in [3.05, 3.63) is 60.3 Å². The van der Waals surface area contributed by atoms with Crippen molar-refractivity contribution in [1.82, 2.24) is 0 Å². The van der Waals surface area contributed by atoms with E-state index in [9.17, 15) is 0 Å². The summed E-state index contributed by atoms with van der Waals surface area (Å²) in [5, 5.41) is 2.52. The van der Waals surface area contributed by atoms with Crippen molar-refractivity contribution in [3.63, 3.8) is 0 Å². The summed E-state index contributed by atoms with van der Waals surface area (Å²) in [6.07, 6.45) is 0. The zero-order valence-corrected chi connectivity index (χ0v) is 12.9. The summed E-state index contributed by atoms with van der Waals surface area (Å²) in [5.74, 6) is 6.71. The lowest BCUT2D eigenvalue weighted by Crippen LogP contribution is -2.27. The summed E-state index contributed by atoms with van der Waals surface area (Å²) in [5.41, 5.74) is 3.64. The maximum atomic E-state index is 3.94. The van der Waals surface area contributed by atoms with Gasteiger partial charge in [-0.05, 0) is 22.9 Å². The Morgan fingerprint density at radius 2 is 1.79 bits per heavy atom. The van der Waals surface area contributed by atoms with Gasteiger partial charge < -0.3 is 0 Å². The van der Waals surface area contributed by atoms with Crippen molar-refractivity contribution in [2.75, 3.05) is 0 Å². The summed E-state index contributed by atoms with van der Waals surface area (Å²) in [6.45, 7) is 10.8. The van der Waals surface area contributed by atoms with Crippen LogP contribution in [0.3, 0.4) is 0 Å². The lowest BCUT2D eigenvalue weighted by molar-refractivity contribution is 1.18. The van der Waals surface area contributed by atoms with Crippen molar-refractivity contribution in [1.29, 1.82) is 0 Å². The molecule has 2 rings (SSSR count). The summed E-state index contributed by atoms with van der Waals surface area (Å²) >= 11 is 0. The topological polar surface area (TPSA) is 0 Å². The zero-order valence-electron chi connectivity index (χ0n) is 11.9. The third kappa shape index (κ3) is 3.16. The lowest BCUT2D eigenvalue weighted by atomic mass is 10.1. The van der Waals surface area contributed by atoms with E-state index in [1.54, 1.807) is 0 Å². The first-order chi connectivity index (χ1) is 9.03. The van der Waals surface area contributed by atoms with Crippen LogP contribution in [0.4, 0.5) is 0 Å². The fourth-order valence-electron chi connectivity index (χ4n) is 1.82. The van der Waals surface area contributed by atoms with E-state index in [1.165, 1.54) is 10.8 Å². The second-order valence-corrected chi connectivity index (χ2v) is 10.5. The average molecular weight is 264 g/mol. The molecule has 0 bridgehead atoms. The van der Waals surface area contributed by atoms with Crippen LogP contribution in [0.5, 0.6) is 0 Å². The fraction of sp³-hybridized carbons (Fsp3) is 0.222. The molecule has 0 aliphatic heterocycles. The zero-order chi connectivity index (χ0) is 13.9. The number of rotatable bonds is 2. The number of hydrogen-bond donors (Lipinski definition) is 0. The van der Waals surface area contributed by atoms with Gasteiger partial charge in [0.1, 0.15) is 0 Å². The SMILES string of the molecule is C=C[Si](C)(C)C(C)C#Cc1ccc2ccccc2c1. The lowest BCUT2D eigenvalue weighted by Gasteiger charge is -2.20. The Labute approximate surface area is 117 Å². The van der Waals surface area contributed by atoms with E-state index >= 15 is 0 Å². The molecule has 0 aliphatic carbocycles. The van der Waals surface area contributed by atoms with E-state index in [-0.39, 0.29) is 0 Å². The molecule has 96 valence electrons. The first-order valence-electron chi connectivity index (χ1n) is 6.67. The van der Waals surface area contributed by atoms with E-state index in [0.717, 1.165) is 5.56 Å². The molecule has 0 aliphatic rings. The molecule has 1 heteroatoms. The third-order valence-corrected chi connectivity index (χ3v) is 7.25. The predicted molar refractivity (Wildman–Crippen MR) is 87.9 cm³/mol. The molecule has 1 atom stereocenters. The van der Waals surface area contributed by atoms with Gasteiger partial charge in [-0.1, -0.05) is 62.2 Å². The molecule has 0 aromatic heterocycles. The van der Waals surface area contributed by atoms with Crippen LogP contribution >= 0.6 is 0 Å². The van der Waals surface area contributed by atoms with Crippen LogP contribution < -0.4 is 0 Å². The molecular formula is C18H20Si. The molecule has 0 fully saturated rings. The largest absolute Gasteiger partial charge is 0.107 e. The maximum absolute atomic E-state index is 3.94. The Hall–Kier alpha value is -1.78. The van der Waals surface area contributed by atoms with Crippen LogP contribution in [0.1, 0.15) is 12.5 Å². The molecule has 2 aromatic carbocycles. The van der Waals surface area contributed by atoms with Crippen LogP contribution in [-0.2, 0) is 0 Å². The minimum Gasteiger partial charge on any atom is -0.107 e. The highest BCUT2D eigenvalue weighted by Gasteiger charge is 2.22. The highest BCUT2D eigenvalue weighted by molar-refractivity contribution is 6.84. The normalized spacial score (nSPS) is 12.6. The summed E-state index contributed by atoms with van der Waals surface area (Å²) in [4.78, 5) is 0. The van der Waals surface area contributed by atoms with E-state index in [1.807, 2.05) is 0 Å². The Balaban J connectivity index is 2.30. The molecule has 0 radical (unpaired) electrons. The summed E-state index contributed by atoms with van der Waals surface area (Å²) in [7, 11) is -1.40. The molecule has 1 unspecified atom stereocenters. The van der Waals surface area contributed by atoms with Crippen molar-refractivity contribution >= 4 is 18.8 Å². The van der Waals surface area contributed by atoms with E-state index < -0.39 is 8.07 Å². The number of benzene rings is 2. The monoisotopic (exact) mass is 264 g/mol. The second kappa shape index (κ2) is 5.46. The van der Waals surface area contributed by atoms with Crippen LogP contribution in [0, 0.1) is 11.8 Å². The van der Waals surface area contributed by atoms with Gasteiger partial charge in [0.05, 0.1) is 8.07 Å². The fourth-order valence-corrected chi connectivity index (χ4v) is 2.62. The summed E-state index contributed by atoms with van der Waals surface area (Å²) < 4.78 is 0. The first-order valence-corrected chi connectivity index (χ1v) is 9.82. The molecule has 2 aromatic rings. The van der Waals surface area contributed by atoms with Crippen LogP contribution in [-0.4, -0.2) is 8.07 Å². The first kappa shape index (κ1) is 13.6. The number of fused-ring (bicyclic) bond motifs is 1. The molecule has 0 N–H and O–H groups in total. The van der Waals surface area contributed by atoms with E-state index in [4.69, 9.17) is 0 Å². The Morgan fingerprint density at radius 3 is 2.47 bits per heavy atom. The van der Waals surface area contributed by atoms with Gasteiger partial charge in [0, 0.05) is 11.1 Å². The van der Waals surface area contributed by atoms with Gasteiger partial charge in [0.15, 0.2) is 0 Å². The van der Waals surface area contributed by atoms with Crippen LogP contribution in [0.25, 0.3) is 10.8 Å².